The minimum Gasteiger partial charge on any atom is -0.492 e. The summed E-state index contributed by atoms with van der Waals surface area (Å²) in [5.74, 6) is 1.61. The van der Waals surface area contributed by atoms with Crippen LogP contribution in [0.5, 0.6) is 5.75 Å². The van der Waals surface area contributed by atoms with Crippen molar-refractivity contribution in [1.29, 1.82) is 0 Å². The highest BCUT2D eigenvalue weighted by atomic mass is 127. The van der Waals surface area contributed by atoms with Gasteiger partial charge in [-0.25, -0.2) is 0 Å². The van der Waals surface area contributed by atoms with Crippen LogP contribution in [0.3, 0.4) is 0 Å². The van der Waals surface area contributed by atoms with Gasteiger partial charge in [0.25, 0.3) is 5.91 Å². The number of ether oxygens (including phenoxy) is 2. The monoisotopic (exact) mass is 387 g/mol. The fraction of sp³-hybridized carbons (Fsp3) is 0.533. The molecule has 0 unspecified atom stereocenters. The van der Waals surface area contributed by atoms with Crippen molar-refractivity contribution in [2.24, 2.45) is 5.92 Å². The van der Waals surface area contributed by atoms with Crippen LogP contribution in [0.4, 0.5) is 0 Å². The Bertz CT molecular complexity index is 496. The predicted octanol–water partition coefficient (Wildman–Crippen LogP) is 2.55. The van der Waals surface area contributed by atoms with E-state index in [4.69, 9.17) is 9.47 Å². The zero-order valence-electron chi connectivity index (χ0n) is 11.3. The van der Waals surface area contributed by atoms with Crippen molar-refractivity contribution >= 4 is 28.5 Å². The molecule has 0 radical (unpaired) electrons. The Morgan fingerprint density at radius 2 is 2.10 bits per heavy atom. The molecule has 0 bridgehead atoms. The Labute approximate surface area is 132 Å². The molecule has 1 aliphatic heterocycles. The normalized spacial score (nSPS) is 18.9. The molecule has 1 aliphatic carbocycles. The number of hydrogen-bond acceptors (Lipinski definition) is 3. The van der Waals surface area contributed by atoms with E-state index in [1.54, 1.807) is 0 Å². The van der Waals surface area contributed by atoms with Crippen LogP contribution in [0, 0.1) is 9.49 Å². The van der Waals surface area contributed by atoms with Gasteiger partial charge in [-0.15, -0.1) is 0 Å². The minimum atomic E-state index is 0.0703. The van der Waals surface area contributed by atoms with Crippen molar-refractivity contribution in [3.05, 3.63) is 27.3 Å². The van der Waals surface area contributed by atoms with Gasteiger partial charge in [-0.1, -0.05) is 0 Å². The van der Waals surface area contributed by atoms with Gasteiger partial charge in [-0.2, -0.15) is 0 Å². The summed E-state index contributed by atoms with van der Waals surface area (Å²) in [4.78, 5) is 14.3. The largest absolute Gasteiger partial charge is 0.492 e. The quantitative estimate of drug-likeness (QED) is 0.746. The molecule has 3 rings (SSSR count). The zero-order chi connectivity index (χ0) is 13.9. The maximum Gasteiger partial charge on any atom is 0.254 e. The van der Waals surface area contributed by atoms with Crippen molar-refractivity contribution < 1.29 is 14.3 Å². The number of rotatable bonds is 4. The molecule has 1 saturated heterocycles. The SMILES string of the molecule is O=C(c1ccc(I)c(OCC2CC2)c1)N1CCOCC1. The molecule has 2 fully saturated rings. The fourth-order valence-electron chi connectivity index (χ4n) is 2.19. The van der Waals surface area contributed by atoms with Gasteiger partial charge < -0.3 is 14.4 Å². The lowest BCUT2D eigenvalue weighted by Gasteiger charge is -2.27. The van der Waals surface area contributed by atoms with E-state index in [-0.39, 0.29) is 5.91 Å². The molecule has 108 valence electrons. The number of hydrogen-bond donors (Lipinski definition) is 0. The van der Waals surface area contributed by atoms with Gasteiger partial charge in [0.15, 0.2) is 0 Å². The van der Waals surface area contributed by atoms with E-state index in [1.165, 1.54) is 12.8 Å². The van der Waals surface area contributed by atoms with E-state index in [9.17, 15) is 4.79 Å². The first-order chi connectivity index (χ1) is 9.74. The lowest BCUT2D eigenvalue weighted by atomic mass is 10.2. The Kier molecular flexibility index (Phi) is 4.45. The van der Waals surface area contributed by atoms with Gasteiger partial charge in [-0.05, 0) is 59.5 Å². The number of halogens is 1. The highest BCUT2D eigenvalue weighted by molar-refractivity contribution is 14.1. The van der Waals surface area contributed by atoms with E-state index in [2.05, 4.69) is 22.6 Å². The third kappa shape index (κ3) is 3.44. The summed E-state index contributed by atoms with van der Waals surface area (Å²) in [6.07, 6.45) is 2.53. The van der Waals surface area contributed by atoms with Crippen LogP contribution < -0.4 is 4.74 Å². The van der Waals surface area contributed by atoms with Crippen molar-refractivity contribution in [2.45, 2.75) is 12.8 Å². The first-order valence-corrected chi connectivity index (χ1v) is 8.11. The first-order valence-electron chi connectivity index (χ1n) is 7.03. The molecule has 1 aromatic carbocycles. The molecular formula is C15H18INO3. The molecular weight excluding hydrogens is 369 g/mol. The smallest absolute Gasteiger partial charge is 0.254 e. The average molecular weight is 387 g/mol. The lowest BCUT2D eigenvalue weighted by Crippen LogP contribution is -2.40. The number of carbonyl (C=O) groups excluding carboxylic acids is 1. The molecule has 1 saturated carbocycles. The van der Waals surface area contributed by atoms with Gasteiger partial charge in [0.1, 0.15) is 5.75 Å². The van der Waals surface area contributed by atoms with E-state index in [0.29, 0.717) is 37.8 Å². The molecule has 4 nitrogen and oxygen atoms in total. The summed E-state index contributed by atoms with van der Waals surface area (Å²) in [5, 5.41) is 0. The Balaban J connectivity index is 1.71. The lowest BCUT2D eigenvalue weighted by molar-refractivity contribution is 0.0302. The van der Waals surface area contributed by atoms with Crippen molar-refractivity contribution in [1.82, 2.24) is 4.90 Å². The topological polar surface area (TPSA) is 38.8 Å². The molecule has 0 N–H and O–H groups in total. The molecule has 5 heteroatoms. The summed E-state index contributed by atoms with van der Waals surface area (Å²) in [6.45, 7) is 3.36. The third-order valence-corrected chi connectivity index (χ3v) is 4.54. The van der Waals surface area contributed by atoms with E-state index in [1.807, 2.05) is 23.1 Å². The van der Waals surface area contributed by atoms with Gasteiger partial charge in [0.2, 0.25) is 0 Å². The van der Waals surface area contributed by atoms with Crippen LogP contribution in [-0.4, -0.2) is 43.7 Å². The second-order valence-electron chi connectivity index (χ2n) is 5.30. The van der Waals surface area contributed by atoms with Crippen LogP contribution in [0.2, 0.25) is 0 Å². The van der Waals surface area contributed by atoms with E-state index >= 15 is 0 Å². The summed E-state index contributed by atoms with van der Waals surface area (Å²) in [6, 6.07) is 5.71. The van der Waals surface area contributed by atoms with E-state index < -0.39 is 0 Å². The molecule has 0 atom stereocenters. The Hall–Kier alpha value is -0.820. The Morgan fingerprint density at radius 1 is 1.35 bits per heavy atom. The summed E-state index contributed by atoms with van der Waals surface area (Å²) >= 11 is 2.25. The number of nitrogens with zero attached hydrogens (tertiary/aromatic N) is 1. The highest BCUT2D eigenvalue weighted by Crippen LogP contribution is 2.31. The van der Waals surface area contributed by atoms with Gasteiger partial charge >= 0.3 is 0 Å². The van der Waals surface area contributed by atoms with E-state index in [0.717, 1.165) is 15.9 Å². The minimum absolute atomic E-state index is 0.0703. The predicted molar refractivity (Wildman–Crippen MR) is 84.1 cm³/mol. The number of carbonyl (C=O) groups is 1. The standard InChI is InChI=1S/C15H18INO3/c16-13-4-3-12(9-14(13)20-10-11-1-2-11)15(18)17-5-7-19-8-6-17/h3-4,9,11H,1-2,5-8,10H2. The van der Waals surface area contributed by atoms with Gasteiger partial charge in [0, 0.05) is 18.7 Å². The molecule has 2 aliphatic rings. The van der Waals surface area contributed by atoms with Crippen molar-refractivity contribution in [3.8, 4) is 5.75 Å². The van der Waals surface area contributed by atoms with Crippen LogP contribution in [0.15, 0.2) is 18.2 Å². The van der Waals surface area contributed by atoms with Crippen molar-refractivity contribution in [3.63, 3.8) is 0 Å². The zero-order valence-corrected chi connectivity index (χ0v) is 13.5. The molecule has 1 heterocycles. The average Bonchev–Trinajstić information content (AvgIpc) is 3.31. The summed E-state index contributed by atoms with van der Waals surface area (Å²) < 4.78 is 12.2. The van der Waals surface area contributed by atoms with Crippen LogP contribution in [-0.2, 0) is 4.74 Å². The fourth-order valence-corrected chi connectivity index (χ4v) is 2.68. The van der Waals surface area contributed by atoms with Gasteiger partial charge in [0.05, 0.1) is 23.4 Å². The number of morpholine rings is 1. The van der Waals surface area contributed by atoms with Gasteiger partial charge in [-0.3, -0.25) is 4.79 Å². The summed E-state index contributed by atoms with van der Waals surface area (Å²) in [7, 11) is 0. The molecule has 0 aromatic heterocycles. The second-order valence-corrected chi connectivity index (χ2v) is 6.47. The molecule has 1 amide bonds. The Morgan fingerprint density at radius 3 is 2.80 bits per heavy atom. The first kappa shape index (κ1) is 14.1. The molecule has 0 spiro atoms. The molecule has 20 heavy (non-hydrogen) atoms. The second kappa shape index (κ2) is 6.30. The highest BCUT2D eigenvalue weighted by Gasteiger charge is 2.23. The maximum atomic E-state index is 12.4. The maximum absolute atomic E-state index is 12.4. The van der Waals surface area contributed by atoms with Crippen LogP contribution >= 0.6 is 22.6 Å². The number of amides is 1. The third-order valence-electron chi connectivity index (χ3n) is 3.65. The number of benzene rings is 1. The van der Waals surface area contributed by atoms with Crippen LogP contribution in [0.25, 0.3) is 0 Å². The molecule has 1 aromatic rings. The summed E-state index contributed by atoms with van der Waals surface area (Å²) in [5.41, 5.74) is 0.707. The van der Waals surface area contributed by atoms with Crippen LogP contribution in [0.1, 0.15) is 23.2 Å². The van der Waals surface area contributed by atoms with Crippen molar-refractivity contribution in [2.75, 3.05) is 32.9 Å².